The van der Waals surface area contributed by atoms with Crippen LogP contribution < -0.4 is 11.3 Å². The van der Waals surface area contributed by atoms with E-state index in [-0.39, 0.29) is 6.04 Å². The maximum Gasteiger partial charge on any atom is 0.122 e. The van der Waals surface area contributed by atoms with Crippen molar-refractivity contribution in [2.24, 2.45) is 5.84 Å². The standard InChI is InChI=1S/C16H17N3OS/c1-11-7-8-15(20-11)13(19-17)9-16-18-14(10-21-16)12-5-3-2-4-6-12/h2-8,10,13,19H,9,17H2,1H3. The summed E-state index contributed by atoms with van der Waals surface area (Å²) in [7, 11) is 0. The van der Waals surface area contributed by atoms with Crippen LogP contribution in [-0.4, -0.2) is 4.98 Å². The molecule has 108 valence electrons. The zero-order chi connectivity index (χ0) is 14.7. The van der Waals surface area contributed by atoms with Crippen molar-refractivity contribution < 1.29 is 4.42 Å². The molecule has 0 bridgehead atoms. The van der Waals surface area contributed by atoms with Crippen molar-refractivity contribution in [1.29, 1.82) is 0 Å². The number of hydrogen-bond acceptors (Lipinski definition) is 5. The third-order valence-corrected chi connectivity index (χ3v) is 4.18. The highest BCUT2D eigenvalue weighted by Gasteiger charge is 2.16. The van der Waals surface area contributed by atoms with E-state index in [9.17, 15) is 0 Å². The summed E-state index contributed by atoms with van der Waals surface area (Å²) in [4.78, 5) is 4.68. The van der Waals surface area contributed by atoms with Crippen LogP contribution >= 0.6 is 11.3 Å². The molecular weight excluding hydrogens is 282 g/mol. The van der Waals surface area contributed by atoms with Gasteiger partial charge >= 0.3 is 0 Å². The van der Waals surface area contributed by atoms with Crippen LogP contribution in [0.2, 0.25) is 0 Å². The number of aryl methyl sites for hydroxylation is 1. The number of nitrogens with two attached hydrogens (primary N) is 1. The van der Waals surface area contributed by atoms with E-state index >= 15 is 0 Å². The zero-order valence-corrected chi connectivity index (χ0v) is 12.6. The Labute approximate surface area is 127 Å². The number of nitrogens with one attached hydrogen (secondary N) is 1. The molecule has 21 heavy (non-hydrogen) atoms. The molecule has 0 radical (unpaired) electrons. The average Bonchev–Trinajstić information content (AvgIpc) is 3.15. The molecule has 0 saturated heterocycles. The van der Waals surface area contributed by atoms with Gasteiger partial charge < -0.3 is 4.42 Å². The number of rotatable bonds is 5. The van der Waals surface area contributed by atoms with Gasteiger partial charge in [0.15, 0.2) is 0 Å². The third-order valence-electron chi connectivity index (χ3n) is 3.31. The second kappa shape index (κ2) is 6.22. The molecule has 3 rings (SSSR count). The van der Waals surface area contributed by atoms with E-state index < -0.39 is 0 Å². The van der Waals surface area contributed by atoms with Crippen molar-refractivity contribution in [2.45, 2.75) is 19.4 Å². The summed E-state index contributed by atoms with van der Waals surface area (Å²) < 4.78 is 5.63. The summed E-state index contributed by atoms with van der Waals surface area (Å²) in [6.45, 7) is 1.92. The van der Waals surface area contributed by atoms with Crippen LogP contribution in [0.3, 0.4) is 0 Å². The van der Waals surface area contributed by atoms with Crippen LogP contribution in [0, 0.1) is 6.92 Å². The van der Waals surface area contributed by atoms with Crippen LogP contribution in [-0.2, 0) is 6.42 Å². The summed E-state index contributed by atoms with van der Waals surface area (Å²) in [5, 5.41) is 3.11. The molecule has 0 amide bonds. The molecule has 0 aliphatic rings. The van der Waals surface area contributed by atoms with Crippen molar-refractivity contribution in [1.82, 2.24) is 10.4 Å². The number of hydrogen-bond donors (Lipinski definition) is 2. The van der Waals surface area contributed by atoms with Crippen molar-refractivity contribution >= 4 is 11.3 Å². The maximum atomic E-state index is 5.65. The van der Waals surface area contributed by atoms with Crippen LogP contribution in [0.1, 0.15) is 22.6 Å². The third kappa shape index (κ3) is 3.21. The monoisotopic (exact) mass is 299 g/mol. The highest BCUT2D eigenvalue weighted by Crippen LogP contribution is 2.26. The lowest BCUT2D eigenvalue weighted by atomic mass is 10.1. The fraction of sp³-hybridized carbons (Fsp3) is 0.188. The molecule has 0 aliphatic carbocycles. The molecule has 3 aromatic rings. The van der Waals surface area contributed by atoms with Crippen molar-refractivity contribution in [3.63, 3.8) is 0 Å². The highest BCUT2D eigenvalue weighted by atomic mass is 32.1. The first-order valence-electron chi connectivity index (χ1n) is 6.78. The minimum Gasteiger partial charge on any atom is -0.465 e. The Bertz CT molecular complexity index is 705. The van der Waals surface area contributed by atoms with Gasteiger partial charge in [-0.25, -0.2) is 10.4 Å². The Hall–Kier alpha value is -1.95. The smallest absolute Gasteiger partial charge is 0.122 e. The van der Waals surface area contributed by atoms with E-state index in [2.05, 4.69) is 27.9 Å². The minimum atomic E-state index is -0.0616. The fourth-order valence-electron chi connectivity index (χ4n) is 2.20. The first-order chi connectivity index (χ1) is 10.3. The molecule has 2 heterocycles. The van der Waals surface area contributed by atoms with Crippen LogP contribution in [0.5, 0.6) is 0 Å². The molecule has 1 atom stereocenters. The first kappa shape index (κ1) is 14.0. The van der Waals surface area contributed by atoms with Gasteiger partial charge in [-0.15, -0.1) is 11.3 Å². The summed E-state index contributed by atoms with van der Waals surface area (Å²) in [6, 6.07) is 14.0. The van der Waals surface area contributed by atoms with Gasteiger partial charge in [0, 0.05) is 17.4 Å². The molecule has 0 fully saturated rings. The molecule has 0 spiro atoms. The molecule has 0 aliphatic heterocycles. The lowest BCUT2D eigenvalue weighted by Gasteiger charge is -2.11. The van der Waals surface area contributed by atoms with Crippen LogP contribution in [0.15, 0.2) is 52.3 Å². The Morgan fingerprint density at radius 2 is 2.05 bits per heavy atom. The van der Waals surface area contributed by atoms with Gasteiger partial charge in [0.1, 0.15) is 11.5 Å². The molecule has 1 unspecified atom stereocenters. The summed E-state index contributed by atoms with van der Waals surface area (Å²) in [5.41, 5.74) is 4.93. The molecule has 2 aromatic heterocycles. The zero-order valence-electron chi connectivity index (χ0n) is 11.7. The summed E-state index contributed by atoms with van der Waals surface area (Å²) in [6.07, 6.45) is 0.709. The van der Waals surface area contributed by atoms with E-state index in [1.165, 1.54) is 0 Å². The number of furan rings is 1. The Kier molecular flexibility index (Phi) is 4.15. The van der Waals surface area contributed by atoms with E-state index in [1.807, 2.05) is 37.3 Å². The van der Waals surface area contributed by atoms with Gasteiger partial charge in [0.25, 0.3) is 0 Å². The maximum absolute atomic E-state index is 5.65. The molecular formula is C16H17N3OS. The number of aromatic nitrogens is 1. The van der Waals surface area contributed by atoms with Gasteiger partial charge in [-0.3, -0.25) is 5.84 Å². The van der Waals surface area contributed by atoms with Gasteiger partial charge in [0.2, 0.25) is 0 Å². The van der Waals surface area contributed by atoms with E-state index in [0.29, 0.717) is 6.42 Å². The Balaban J connectivity index is 1.77. The predicted molar refractivity (Wildman–Crippen MR) is 84.8 cm³/mol. The van der Waals surface area contributed by atoms with Gasteiger partial charge in [-0.1, -0.05) is 30.3 Å². The molecule has 5 heteroatoms. The number of hydrazine groups is 1. The largest absolute Gasteiger partial charge is 0.465 e. The molecule has 0 saturated carbocycles. The average molecular weight is 299 g/mol. The second-order valence-electron chi connectivity index (χ2n) is 4.86. The quantitative estimate of drug-likeness (QED) is 0.559. The molecule has 4 nitrogen and oxygen atoms in total. The highest BCUT2D eigenvalue weighted by molar-refractivity contribution is 7.09. The Morgan fingerprint density at radius 1 is 1.24 bits per heavy atom. The van der Waals surface area contributed by atoms with Gasteiger partial charge in [-0.2, -0.15) is 0 Å². The Morgan fingerprint density at radius 3 is 2.71 bits per heavy atom. The first-order valence-corrected chi connectivity index (χ1v) is 7.66. The second-order valence-corrected chi connectivity index (χ2v) is 5.81. The van der Waals surface area contributed by atoms with Crippen LogP contribution in [0.25, 0.3) is 11.3 Å². The lowest BCUT2D eigenvalue weighted by Crippen LogP contribution is -2.29. The van der Waals surface area contributed by atoms with Crippen molar-refractivity contribution in [3.05, 3.63) is 64.4 Å². The minimum absolute atomic E-state index is 0.0616. The normalized spacial score (nSPS) is 12.5. The van der Waals surface area contributed by atoms with Gasteiger partial charge in [0.05, 0.1) is 16.7 Å². The molecule has 3 N–H and O–H groups in total. The number of benzene rings is 1. The van der Waals surface area contributed by atoms with Crippen molar-refractivity contribution in [3.8, 4) is 11.3 Å². The van der Waals surface area contributed by atoms with Crippen molar-refractivity contribution in [2.75, 3.05) is 0 Å². The number of nitrogens with zero attached hydrogens (tertiary/aromatic N) is 1. The van der Waals surface area contributed by atoms with Crippen LogP contribution in [0.4, 0.5) is 0 Å². The predicted octanol–water partition coefficient (Wildman–Crippen LogP) is 3.46. The SMILES string of the molecule is Cc1ccc(C(Cc2nc(-c3ccccc3)cs2)NN)o1. The summed E-state index contributed by atoms with van der Waals surface area (Å²) in [5.74, 6) is 7.37. The molecule has 1 aromatic carbocycles. The van der Waals surface area contributed by atoms with E-state index in [1.54, 1.807) is 11.3 Å². The summed E-state index contributed by atoms with van der Waals surface area (Å²) >= 11 is 1.64. The lowest BCUT2D eigenvalue weighted by molar-refractivity contribution is 0.403. The van der Waals surface area contributed by atoms with Gasteiger partial charge in [-0.05, 0) is 19.1 Å². The van der Waals surface area contributed by atoms with E-state index in [0.717, 1.165) is 27.8 Å². The van der Waals surface area contributed by atoms with E-state index in [4.69, 9.17) is 10.3 Å². The number of thiazole rings is 1. The fourth-order valence-corrected chi connectivity index (χ4v) is 3.05. The topological polar surface area (TPSA) is 64.1 Å².